The van der Waals surface area contributed by atoms with Gasteiger partial charge in [0.1, 0.15) is 0 Å². The Labute approximate surface area is 109 Å². The molecule has 1 aromatic carbocycles. The second-order valence-electron chi connectivity index (χ2n) is 5.22. The number of carbonyl (C=O) groups is 1. The lowest BCUT2D eigenvalue weighted by atomic mass is 10.1. The highest BCUT2D eigenvalue weighted by molar-refractivity contribution is 5.93. The number of anilines is 1. The van der Waals surface area contributed by atoms with Crippen molar-refractivity contribution < 1.29 is 4.79 Å². The lowest BCUT2D eigenvalue weighted by molar-refractivity contribution is -0.118. The molecule has 1 N–H and O–H groups in total. The lowest BCUT2D eigenvalue weighted by Gasteiger charge is -2.20. The molecule has 3 heteroatoms. The summed E-state index contributed by atoms with van der Waals surface area (Å²) in [6.45, 7) is 4.91. The molecule has 1 amide bonds. The number of nitrogens with zero attached hydrogens (tertiary/aromatic N) is 1. The largest absolute Gasteiger partial charge is 0.315 e. The molecule has 0 atom stereocenters. The SMILES string of the molecule is Cc1ccc(N(C)C(=O)CCNC2CC2)c(C)c1. The smallest absolute Gasteiger partial charge is 0.228 e. The zero-order valence-corrected chi connectivity index (χ0v) is 11.5. The average Bonchev–Trinajstić information content (AvgIpc) is 3.12. The molecule has 1 aliphatic rings. The Bertz CT molecular complexity index is 438. The van der Waals surface area contributed by atoms with Crippen LogP contribution in [0.25, 0.3) is 0 Å². The van der Waals surface area contributed by atoms with E-state index in [1.807, 2.05) is 13.1 Å². The van der Waals surface area contributed by atoms with Crippen LogP contribution in [0.3, 0.4) is 0 Å². The summed E-state index contributed by atoms with van der Waals surface area (Å²) >= 11 is 0. The van der Waals surface area contributed by atoms with Gasteiger partial charge in [-0.1, -0.05) is 17.7 Å². The van der Waals surface area contributed by atoms with Crippen LogP contribution >= 0.6 is 0 Å². The lowest BCUT2D eigenvalue weighted by Crippen LogP contribution is -2.30. The zero-order valence-electron chi connectivity index (χ0n) is 11.5. The van der Waals surface area contributed by atoms with E-state index in [0.29, 0.717) is 12.5 Å². The van der Waals surface area contributed by atoms with Crippen molar-refractivity contribution in [3.8, 4) is 0 Å². The summed E-state index contributed by atoms with van der Waals surface area (Å²) in [6.07, 6.45) is 3.10. The minimum absolute atomic E-state index is 0.176. The van der Waals surface area contributed by atoms with Crippen LogP contribution in [0.2, 0.25) is 0 Å². The maximum Gasteiger partial charge on any atom is 0.228 e. The zero-order chi connectivity index (χ0) is 13.1. The maximum absolute atomic E-state index is 12.1. The third-order valence-corrected chi connectivity index (χ3v) is 3.44. The summed E-state index contributed by atoms with van der Waals surface area (Å²) in [7, 11) is 1.86. The molecule has 1 aliphatic carbocycles. The fraction of sp³-hybridized carbons (Fsp3) is 0.533. The third kappa shape index (κ3) is 3.33. The van der Waals surface area contributed by atoms with Crippen LogP contribution in [0, 0.1) is 13.8 Å². The second kappa shape index (κ2) is 5.53. The van der Waals surface area contributed by atoms with Gasteiger partial charge in [-0.15, -0.1) is 0 Å². The molecule has 0 spiro atoms. The van der Waals surface area contributed by atoms with E-state index in [0.717, 1.165) is 17.8 Å². The normalized spacial score (nSPS) is 14.6. The first-order chi connectivity index (χ1) is 8.58. The molecule has 0 radical (unpaired) electrons. The summed E-state index contributed by atoms with van der Waals surface area (Å²) in [5, 5.41) is 3.37. The van der Waals surface area contributed by atoms with Gasteiger partial charge in [0.15, 0.2) is 0 Å². The molecule has 2 rings (SSSR count). The van der Waals surface area contributed by atoms with E-state index < -0.39 is 0 Å². The molecular formula is C15H22N2O. The minimum atomic E-state index is 0.176. The molecule has 0 heterocycles. The van der Waals surface area contributed by atoms with E-state index >= 15 is 0 Å². The molecule has 0 aromatic heterocycles. The van der Waals surface area contributed by atoms with Crippen molar-refractivity contribution in [1.29, 1.82) is 0 Å². The maximum atomic E-state index is 12.1. The Balaban J connectivity index is 1.91. The first-order valence-corrected chi connectivity index (χ1v) is 6.65. The van der Waals surface area contributed by atoms with Gasteiger partial charge in [0, 0.05) is 31.7 Å². The van der Waals surface area contributed by atoms with Crippen LogP contribution in [0.1, 0.15) is 30.4 Å². The molecule has 1 aromatic rings. The topological polar surface area (TPSA) is 32.3 Å². The highest BCUT2D eigenvalue weighted by Crippen LogP contribution is 2.21. The van der Waals surface area contributed by atoms with Gasteiger partial charge in [0.2, 0.25) is 5.91 Å². The van der Waals surface area contributed by atoms with Crippen molar-refractivity contribution in [2.75, 3.05) is 18.5 Å². The average molecular weight is 246 g/mol. The number of aryl methyl sites for hydroxylation is 2. The summed E-state index contributed by atoms with van der Waals surface area (Å²) < 4.78 is 0. The summed E-state index contributed by atoms with van der Waals surface area (Å²) in [6, 6.07) is 6.86. The van der Waals surface area contributed by atoms with Crippen molar-refractivity contribution in [3.63, 3.8) is 0 Å². The van der Waals surface area contributed by atoms with E-state index in [4.69, 9.17) is 0 Å². The number of nitrogens with one attached hydrogen (secondary N) is 1. The van der Waals surface area contributed by atoms with E-state index in [-0.39, 0.29) is 5.91 Å². The summed E-state index contributed by atoms with van der Waals surface area (Å²) in [5.74, 6) is 0.176. The summed E-state index contributed by atoms with van der Waals surface area (Å²) in [5.41, 5.74) is 3.39. The molecule has 98 valence electrons. The van der Waals surface area contributed by atoms with Gasteiger partial charge >= 0.3 is 0 Å². The summed E-state index contributed by atoms with van der Waals surface area (Å²) in [4.78, 5) is 13.8. The van der Waals surface area contributed by atoms with Crippen LogP contribution < -0.4 is 10.2 Å². The van der Waals surface area contributed by atoms with Crippen LogP contribution in [-0.2, 0) is 4.79 Å². The minimum Gasteiger partial charge on any atom is -0.315 e. The van der Waals surface area contributed by atoms with Gasteiger partial charge in [-0.3, -0.25) is 4.79 Å². The number of amides is 1. The first-order valence-electron chi connectivity index (χ1n) is 6.65. The van der Waals surface area contributed by atoms with Crippen molar-refractivity contribution >= 4 is 11.6 Å². The highest BCUT2D eigenvalue weighted by Gasteiger charge is 2.20. The molecule has 0 bridgehead atoms. The molecule has 0 saturated heterocycles. The molecular weight excluding hydrogens is 224 g/mol. The fourth-order valence-electron chi connectivity index (χ4n) is 2.15. The molecule has 18 heavy (non-hydrogen) atoms. The molecule has 0 aliphatic heterocycles. The number of carbonyl (C=O) groups excluding carboxylic acids is 1. The predicted octanol–water partition coefficient (Wildman–Crippen LogP) is 2.41. The second-order valence-corrected chi connectivity index (χ2v) is 5.22. The molecule has 3 nitrogen and oxygen atoms in total. The van der Waals surface area contributed by atoms with E-state index in [2.05, 4.69) is 31.3 Å². The highest BCUT2D eigenvalue weighted by atomic mass is 16.2. The Morgan fingerprint density at radius 1 is 1.39 bits per heavy atom. The van der Waals surface area contributed by atoms with Crippen molar-refractivity contribution in [2.24, 2.45) is 0 Å². The van der Waals surface area contributed by atoms with Gasteiger partial charge < -0.3 is 10.2 Å². The van der Waals surface area contributed by atoms with E-state index in [1.54, 1.807) is 4.90 Å². The van der Waals surface area contributed by atoms with E-state index in [1.165, 1.54) is 18.4 Å². The molecule has 1 saturated carbocycles. The number of hydrogen-bond acceptors (Lipinski definition) is 2. The van der Waals surface area contributed by atoms with Crippen LogP contribution in [0.4, 0.5) is 5.69 Å². The Morgan fingerprint density at radius 3 is 2.72 bits per heavy atom. The Kier molecular flexibility index (Phi) is 4.02. The van der Waals surface area contributed by atoms with Crippen LogP contribution in [-0.4, -0.2) is 25.5 Å². The first kappa shape index (κ1) is 13.1. The van der Waals surface area contributed by atoms with Gasteiger partial charge in [0.25, 0.3) is 0 Å². The quantitative estimate of drug-likeness (QED) is 0.865. The van der Waals surface area contributed by atoms with Crippen LogP contribution in [0.5, 0.6) is 0 Å². The number of hydrogen-bond donors (Lipinski definition) is 1. The number of benzene rings is 1. The Hall–Kier alpha value is -1.35. The van der Waals surface area contributed by atoms with Crippen molar-refractivity contribution in [3.05, 3.63) is 29.3 Å². The monoisotopic (exact) mass is 246 g/mol. The van der Waals surface area contributed by atoms with Crippen LogP contribution in [0.15, 0.2) is 18.2 Å². The predicted molar refractivity (Wildman–Crippen MR) is 75.0 cm³/mol. The van der Waals surface area contributed by atoms with Crippen molar-refractivity contribution in [2.45, 2.75) is 39.2 Å². The standard InChI is InChI=1S/C15H22N2O/c1-11-4-7-14(12(2)10-11)17(3)15(18)8-9-16-13-5-6-13/h4,7,10,13,16H,5-6,8-9H2,1-3H3. The molecule has 0 unspecified atom stereocenters. The van der Waals surface area contributed by atoms with Gasteiger partial charge in [0.05, 0.1) is 0 Å². The van der Waals surface area contributed by atoms with Gasteiger partial charge in [-0.25, -0.2) is 0 Å². The fourth-order valence-corrected chi connectivity index (χ4v) is 2.15. The van der Waals surface area contributed by atoms with Crippen molar-refractivity contribution in [1.82, 2.24) is 5.32 Å². The van der Waals surface area contributed by atoms with E-state index in [9.17, 15) is 4.79 Å². The third-order valence-electron chi connectivity index (χ3n) is 3.44. The Morgan fingerprint density at radius 2 is 2.11 bits per heavy atom. The molecule has 1 fully saturated rings. The van der Waals surface area contributed by atoms with Gasteiger partial charge in [-0.2, -0.15) is 0 Å². The number of rotatable bonds is 5. The van der Waals surface area contributed by atoms with Gasteiger partial charge in [-0.05, 0) is 38.3 Å².